The van der Waals surface area contributed by atoms with E-state index in [9.17, 15) is 18.0 Å². The number of amides is 2. The van der Waals surface area contributed by atoms with Gasteiger partial charge in [0.15, 0.2) is 0 Å². The zero-order chi connectivity index (χ0) is 22.0. The summed E-state index contributed by atoms with van der Waals surface area (Å²) in [5.41, 5.74) is 0.574. The number of benzene rings is 2. The van der Waals surface area contributed by atoms with Crippen LogP contribution in [0.15, 0.2) is 53.4 Å². The maximum atomic E-state index is 12.7. The van der Waals surface area contributed by atoms with Crippen LogP contribution in [-0.2, 0) is 14.8 Å². The number of hydrogen-bond donors (Lipinski definition) is 3. The van der Waals surface area contributed by atoms with Crippen LogP contribution >= 0.6 is 0 Å². The molecule has 0 spiro atoms. The van der Waals surface area contributed by atoms with Crippen LogP contribution in [0.4, 0.5) is 5.69 Å². The number of rotatable bonds is 11. The second-order valence-corrected chi connectivity index (χ2v) is 8.13. The van der Waals surface area contributed by atoms with Crippen LogP contribution in [0.2, 0.25) is 0 Å². The number of anilines is 1. The normalized spacial score (nSPS) is 10.9. The maximum Gasteiger partial charge on any atom is 0.261 e. The second kappa shape index (κ2) is 11.2. The topological polar surface area (TPSA) is 114 Å². The van der Waals surface area contributed by atoms with E-state index >= 15 is 0 Å². The van der Waals surface area contributed by atoms with E-state index in [1.165, 1.54) is 24.3 Å². The molecule has 0 aliphatic carbocycles. The largest absolute Gasteiger partial charge is 0.494 e. The first kappa shape index (κ1) is 23.2. The molecule has 0 aliphatic rings. The molecule has 2 aromatic rings. The molecule has 0 bridgehead atoms. The van der Waals surface area contributed by atoms with Gasteiger partial charge in [0, 0.05) is 30.8 Å². The average molecular weight is 434 g/mol. The number of ether oxygens (including phenoxy) is 1. The average Bonchev–Trinajstić information content (AvgIpc) is 2.73. The minimum Gasteiger partial charge on any atom is -0.494 e. The summed E-state index contributed by atoms with van der Waals surface area (Å²) in [6, 6.07) is 12.3. The standard InChI is InChI=1S/C21H27N3O5S/c1-3-13-22-20(25)12-14-23-21(26)16-6-5-7-19(15-16)30(27,28)24-17-8-10-18(11-9-17)29-4-2/h5-11,15,24H,3-4,12-14H2,1-2H3,(H,22,25)(H,23,26). The lowest BCUT2D eigenvalue weighted by atomic mass is 10.2. The van der Waals surface area contributed by atoms with E-state index in [2.05, 4.69) is 15.4 Å². The maximum absolute atomic E-state index is 12.7. The van der Waals surface area contributed by atoms with E-state index in [1.54, 1.807) is 24.3 Å². The van der Waals surface area contributed by atoms with E-state index in [0.29, 0.717) is 24.6 Å². The number of sulfonamides is 1. The molecule has 0 atom stereocenters. The molecule has 0 fully saturated rings. The number of carbonyl (C=O) groups excluding carboxylic acids is 2. The monoisotopic (exact) mass is 433 g/mol. The summed E-state index contributed by atoms with van der Waals surface area (Å²) in [6.45, 7) is 5.09. The van der Waals surface area contributed by atoms with Crippen molar-refractivity contribution < 1.29 is 22.7 Å². The molecule has 0 unspecified atom stereocenters. The summed E-state index contributed by atoms with van der Waals surface area (Å²) in [4.78, 5) is 23.8. The van der Waals surface area contributed by atoms with Crippen LogP contribution in [0.25, 0.3) is 0 Å². The van der Waals surface area contributed by atoms with Crippen molar-refractivity contribution in [2.75, 3.05) is 24.4 Å². The molecule has 0 saturated carbocycles. The highest BCUT2D eigenvalue weighted by atomic mass is 32.2. The third kappa shape index (κ3) is 7.07. The highest BCUT2D eigenvalue weighted by molar-refractivity contribution is 7.92. The van der Waals surface area contributed by atoms with E-state index in [-0.39, 0.29) is 29.3 Å². The Labute approximate surface area is 177 Å². The molecule has 0 saturated heterocycles. The predicted octanol–water partition coefficient (Wildman–Crippen LogP) is 2.53. The van der Waals surface area contributed by atoms with Gasteiger partial charge >= 0.3 is 0 Å². The minimum atomic E-state index is -3.87. The third-order valence-corrected chi connectivity index (χ3v) is 5.41. The van der Waals surface area contributed by atoms with Crippen LogP contribution in [0.5, 0.6) is 5.75 Å². The Bertz CT molecular complexity index is 959. The molecule has 30 heavy (non-hydrogen) atoms. The fourth-order valence-corrected chi connectivity index (χ4v) is 3.65. The highest BCUT2D eigenvalue weighted by Crippen LogP contribution is 2.20. The highest BCUT2D eigenvalue weighted by Gasteiger charge is 2.17. The lowest BCUT2D eigenvalue weighted by Gasteiger charge is -2.11. The molecule has 2 amide bonds. The van der Waals surface area contributed by atoms with Gasteiger partial charge in [0.25, 0.3) is 15.9 Å². The van der Waals surface area contributed by atoms with Gasteiger partial charge in [-0.05, 0) is 55.8 Å². The zero-order valence-electron chi connectivity index (χ0n) is 17.1. The van der Waals surface area contributed by atoms with Gasteiger partial charge in [0.2, 0.25) is 5.91 Å². The van der Waals surface area contributed by atoms with E-state index in [1.807, 2.05) is 13.8 Å². The van der Waals surface area contributed by atoms with Crippen molar-refractivity contribution in [3.63, 3.8) is 0 Å². The number of carbonyl (C=O) groups is 2. The fraction of sp³-hybridized carbons (Fsp3) is 0.333. The van der Waals surface area contributed by atoms with Gasteiger partial charge in [-0.25, -0.2) is 8.42 Å². The number of nitrogens with one attached hydrogen (secondary N) is 3. The van der Waals surface area contributed by atoms with Gasteiger partial charge in [-0.2, -0.15) is 0 Å². The Morgan fingerprint density at radius 2 is 1.70 bits per heavy atom. The Morgan fingerprint density at radius 1 is 0.967 bits per heavy atom. The third-order valence-electron chi connectivity index (χ3n) is 4.03. The Hall–Kier alpha value is -3.07. The predicted molar refractivity (Wildman–Crippen MR) is 115 cm³/mol. The minimum absolute atomic E-state index is 0.0373. The van der Waals surface area contributed by atoms with Crippen molar-refractivity contribution in [1.29, 1.82) is 0 Å². The molecule has 2 aromatic carbocycles. The van der Waals surface area contributed by atoms with Crippen LogP contribution in [0, 0.1) is 0 Å². The summed E-state index contributed by atoms with van der Waals surface area (Å²) < 4.78 is 33.1. The zero-order valence-corrected chi connectivity index (χ0v) is 17.9. The van der Waals surface area contributed by atoms with Crippen LogP contribution in [0.3, 0.4) is 0 Å². The first-order valence-electron chi connectivity index (χ1n) is 9.76. The van der Waals surface area contributed by atoms with Crippen molar-refractivity contribution in [2.45, 2.75) is 31.6 Å². The first-order valence-corrected chi connectivity index (χ1v) is 11.2. The summed E-state index contributed by atoms with van der Waals surface area (Å²) in [5.74, 6) is 0.0481. The molecule has 9 heteroatoms. The molecular weight excluding hydrogens is 406 g/mol. The quantitative estimate of drug-likeness (QED) is 0.504. The summed E-state index contributed by atoms with van der Waals surface area (Å²) in [7, 11) is -3.87. The smallest absolute Gasteiger partial charge is 0.261 e. The molecule has 8 nitrogen and oxygen atoms in total. The van der Waals surface area contributed by atoms with E-state index in [4.69, 9.17) is 4.74 Å². The molecular formula is C21H27N3O5S. The summed E-state index contributed by atoms with van der Waals surface area (Å²) in [6.07, 6.45) is 0.993. The van der Waals surface area contributed by atoms with Gasteiger partial charge in [-0.3, -0.25) is 14.3 Å². The fourth-order valence-electron chi connectivity index (χ4n) is 2.55. The number of hydrogen-bond acceptors (Lipinski definition) is 5. The first-order chi connectivity index (χ1) is 14.4. The second-order valence-electron chi connectivity index (χ2n) is 6.45. The van der Waals surface area contributed by atoms with Crippen molar-refractivity contribution in [3.05, 3.63) is 54.1 Å². The van der Waals surface area contributed by atoms with Crippen LogP contribution < -0.4 is 20.1 Å². The van der Waals surface area contributed by atoms with Gasteiger partial charge in [0.1, 0.15) is 5.75 Å². The van der Waals surface area contributed by atoms with Crippen molar-refractivity contribution >= 4 is 27.5 Å². The van der Waals surface area contributed by atoms with E-state index < -0.39 is 15.9 Å². The summed E-state index contributed by atoms with van der Waals surface area (Å²) >= 11 is 0. The molecule has 2 rings (SSSR count). The molecule has 0 aliphatic heterocycles. The molecule has 3 N–H and O–H groups in total. The van der Waals surface area contributed by atoms with Gasteiger partial charge in [-0.1, -0.05) is 13.0 Å². The molecule has 0 aromatic heterocycles. The summed E-state index contributed by atoms with van der Waals surface area (Å²) in [5, 5.41) is 5.35. The molecule has 0 radical (unpaired) electrons. The van der Waals surface area contributed by atoms with Crippen molar-refractivity contribution in [2.24, 2.45) is 0 Å². The van der Waals surface area contributed by atoms with Gasteiger partial charge < -0.3 is 15.4 Å². The van der Waals surface area contributed by atoms with E-state index in [0.717, 1.165) is 6.42 Å². The van der Waals surface area contributed by atoms with Gasteiger partial charge in [0.05, 0.1) is 11.5 Å². The van der Waals surface area contributed by atoms with Crippen molar-refractivity contribution in [3.8, 4) is 5.75 Å². The van der Waals surface area contributed by atoms with Crippen LogP contribution in [0.1, 0.15) is 37.0 Å². The van der Waals surface area contributed by atoms with Crippen LogP contribution in [-0.4, -0.2) is 39.9 Å². The van der Waals surface area contributed by atoms with Gasteiger partial charge in [-0.15, -0.1) is 0 Å². The Balaban J connectivity index is 2.00. The lowest BCUT2D eigenvalue weighted by Crippen LogP contribution is -2.31. The lowest BCUT2D eigenvalue weighted by molar-refractivity contribution is -0.120. The SMILES string of the molecule is CCCNC(=O)CCNC(=O)c1cccc(S(=O)(=O)Nc2ccc(OCC)cc2)c1. The molecule has 0 heterocycles. The Morgan fingerprint density at radius 3 is 2.37 bits per heavy atom. The van der Waals surface area contributed by atoms with Crippen molar-refractivity contribution in [1.82, 2.24) is 10.6 Å². The Kier molecular flexibility index (Phi) is 8.67. The molecule has 162 valence electrons.